The molecule has 1 fully saturated rings. The number of aliphatic hydroxyl groups is 2. The molecule has 0 spiro atoms. The van der Waals surface area contributed by atoms with Crippen molar-refractivity contribution < 1.29 is 20.4 Å². The van der Waals surface area contributed by atoms with E-state index in [4.69, 9.17) is 16.5 Å². The van der Waals surface area contributed by atoms with Crippen LogP contribution in [0.5, 0.6) is 0 Å². The third-order valence-electron chi connectivity index (χ3n) is 6.38. The van der Waals surface area contributed by atoms with Gasteiger partial charge in [-0.25, -0.2) is 4.89 Å². The van der Waals surface area contributed by atoms with E-state index in [2.05, 4.69) is 13.5 Å². The first-order valence-electron chi connectivity index (χ1n) is 9.26. The summed E-state index contributed by atoms with van der Waals surface area (Å²) < 4.78 is 0. The molecule has 4 nitrogen and oxygen atoms in total. The first-order valence-corrected chi connectivity index (χ1v) is 9.63. The predicted molar refractivity (Wildman–Crippen MR) is 100 cm³/mol. The van der Waals surface area contributed by atoms with Crippen molar-refractivity contribution in [3.63, 3.8) is 0 Å². The van der Waals surface area contributed by atoms with Crippen molar-refractivity contribution in [3.05, 3.63) is 24.3 Å². The molecule has 144 valence electrons. The van der Waals surface area contributed by atoms with Crippen molar-refractivity contribution in [1.29, 1.82) is 0 Å². The highest BCUT2D eigenvalue weighted by atomic mass is 35.5. The summed E-state index contributed by atoms with van der Waals surface area (Å²) in [6, 6.07) is 0. The molecular formula is C20H33ClO4. The van der Waals surface area contributed by atoms with Gasteiger partial charge in [-0.1, -0.05) is 31.2 Å². The van der Waals surface area contributed by atoms with Gasteiger partial charge in [0.25, 0.3) is 0 Å². The first kappa shape index (κ1) is 20.9. The van der Waals surface area contributed by atoms with Crippen LogP contribution in [0.4, 0.5) is 0 Å². The second kappa shape index (κ2) is 7.69. The Morgan fingerprint density at radius 1 is 1.44 bits per heavy atom. The average molecular weight is 373 g/mol. The molecule has 1 saturated carbocycles. The third kappa shape index (κ3) is 4.30. The predicted octanol–water partition coefficient (Wildman–Crippen LogP) is 4.16. The largest absolute Gasteiger partial charge is 0.392 e. The quantitative estimate of drug-likeness (QED) is 0.283. The summed E-state index contributed by atoms with van der Waals surface area (Å²) in [5, 5.41) is 30.7. The van der Waals surface area contributed by atoms with Crippen LogP contribution in [-0.2, 0) is 4.89 Å². The smallest absolute Gasteiger partial charge is 0.125 e. The van der Waals surface area contributed by atoms with Crippen LogP contribution in [0, 0.1) is 23.7 Å². The van der Waals surface area contributed by atoms with E-state index in [1.807, 2.05) is 26.0 Å². The summed E-state index contributed by atoms with van der Waals surface area (Å²) in [5.74, 6) is 0.0663. The first-order chi connectivity index (χ1) is 11.5. The molecule has 2 aliphatic rings. The van der Waals surface area contributed by atoms with Crippen LogP contribution < -0.4 is 0 Å². The van der Waals surface area contributed by atoms with E-state index in [0.29, 0.717) is 6.42 Å². The van der Waals surface area contributed by atoms with Crippen molar-refractivity contribution >= 4 is 11.6 Å². The van der Waals surface area contributed by atoms with E-state index in [0.717, 1.165) is 24.8 Å². The minimum absolute atomic E-state index is 0.0247. The number of hydrogen-bond donors (Lipinski definition) is 3. The molecule has 2 rings (SSSR count). The maximum absolute atomic E-state index is 11.1. The Hall–Kier alpha value is -0.390. The van der Waals surface area contributed by atoms with Gasteiger partial charge in [0.05, 0.1) is 17.1 Å². The lowest BCUT2D eigenvalue weighted by atomic mass is 9.73. The summed E-state index contributed by atoms with van der Waals surface area (Å²) >= 11 is 6.19. The van der Waals surface area contributed by atoms with Crippen LogP contribution in [0.3, 0.4) is 0 Å². The monoisotopic (exact) mass is 372 g/mol. The summed E-state index contributed by atoms with van der Waals surface area (Å²) in [7, 11) is 0. The molecule has 5 heteroatoms. The van der Waals surface area contributed by atoms with Crippen molar-refractivity contribution in [2.24, 2.45) is 23.7 Å². The molecule has 0 unspecified atom stereocenters. The highest BCUT2D eigenvalue weighted by Gasteiger charge is 2.51. The Morgan fingerprint density at radius 2 is 2.08 bits per heavy atom. The van der Waals surface area contributed by atoms with Crippen molar-refractivity contribution in [1.82, 2.24) is 0 Å². The zero-order chi connectivity index (χ0) is 19.0. The van der Waals surface area contributed by atoms with Gasteiger partial charge >= 0.3 is 0 Å². The number of fused-ring (bicyclic) bond motifs is 1. The molecule has 0 heterocycles. The van der Waals surface area contributed by atoms with Crippen LogP contribution >= 0.6 is 11.6 Å². The Balaban J connectivity index is 2.12. The molecule has 0 aromatic rings. The number of rotatable bonds is 6. The second-order valence-electron chi connectivity index (χ2n) is 8.67. The molecule has 7 atom stereocenters. The van der Waals surface area contributed by atoms with Crippen LogP contribution in [0.2, 0.25) is 0 Å². The molecule has 0 amide bonds. The van der Waals surface area contributed by atoms with Crippen molar-refractivity contribution in [2.45, 2.75) is 76.1 Å². The van der Waals surface area contributed by atoms with Crippen LogP contribution in [0.1, 0.15) is 53.4 Å². The SMILES string of the molecule is C=C1CC[C@@H]([C@H](C)CC[C@H](O)C(C)(C)Cl)[C@@H](O)[C@H]2[C@H]1C=C[C@]2(C)OO. The number of hydrogen-bond acceptors (Lipinski definition) is 4. The van der Waals surface area contributed by atoms with Crippen molar-refractivity contribution in [2.75, 3.05) is 0 Å². The maximum Gasteiger partial charge on any atom is 0.125 e. The minimum atomic E-state index is -0.896. The number of aliphatic hydroxyl groups excluding tert-OH is 2. The van der Waals surface area contributed by atoms with Crippen LogP contribution in [-0.4, -0.2) is 38.2 Å². The normalized spacial score (nSPS) is 38.3. The fraction of sp³-hybridized carbons (Fsp3) is 0.800. The van der Waals surface area contributed by atoms with Gasteiger partial charge < -0.3 is 10.2 Å². The standard InChI is InChI=1S/C20H33ClO4/c1-12-6-8-15(13(2)7-9-16(22)19(3,4)21)18(23)17-14(12)10-11-20(17,5)25-24/h10-11,13-18,22-24H,1,6-9H2,2-5H3/t13-,14+,15+,16+,17-,18-,20+/m1/s1. The van der Waals surface area contributed by atoms with Crippen LogP contribution in [0.15, 0.2) is 24.3 Å². The molecule has 0 aliphatic heterocycles. The summed E-state index contributed by atoms with van der Waals surface area (Å²) in [4.78, 5) is 4.12. The molecule has 0 radical (unpaired) electrons. The van der Waals surface area contributed by atoms with Gasteiger partial charge in [-0.15, -0.1) is 11.6 Å². The molecule has 3 N–H and O–H groups in total. The summed E-state index contributed by atoms with van der Waals surface area (Å²) in [6.07, 6.45) is 5.73. The molecule has 0 aromatic carbocycles. The Kier molecular flexibility index (Phi) is 6.44. The molecule has 0 aromatic heterocycles. The Bertz CT molecular complexity index is 512. The lowest BCUT2D eigenvalue weighted by Crippen LogP contribution is -2.46. The van der Waals surface area contributed by atoms with Gasteiger partial charge in [-0.05, 0) is 58.3 Å². The topological polar surface area (TPSA) is 69.9 Å². The lowest BCUT2D eigenvalue weighted by molar-refractivity contribution is -0.322. The molecule has 2 aliphatic carbocycles. The Labute approximate surface area is 156 Å². The highest BCUT2D eigenvalue weighted by Crippen LogP contribution is 2.49. The van der Waals surface area contributed by atoms with E-state index in [9.17, 15) is 15.5 Å². The van der Waals surface area contributed by atoms with Crippen LogP contribution in [0.25, 0.3) is 0 Å². The molecule has 0 bridgehead atoms. The van der Waals surface area contributed by atoms with E-state index < -0.39 is 22.7 Å². The van der Waals surface area contributed by atoms with E-state index in [1.165, 1.54) is 0 Å². The van der Waals surface area contributed by atoms with Gasteiger partial charge in [-0.3, -0.25) is 5.26 Å². The zero-order valence-electron chi connectivity index (χ0n) is 15.8. The lowest BCUT2D eigenvalue weighted by Gasteiger charge is -2.38. The van der Waals surface area contributed by atoms with Gasteiger partial charge in [0.2, 0.25) is 0 Å². The zero-order valence-corrected chi connectivity index (χ0v) is 16.5. The van der Waals surface area contributed by atoms with Gasteiger partial charge in [0.1, 0.15) is 5.60 Å². The highest BCUT2D eigenvalue weighted by molar-refractivity contribution is 6.23. The number of allylic oxidation sites excluding steroid dienone is 2. The van der Waals surface area contributed by atoms with E-state index in [1.54, 1.807) is 6.92 Å². The average Bonchev–Trinajstić information content (AvgIpc) is 2.83. The Morgan fingerprint density at radius 3 is 2.64 bits per heavy atom. The van der Waals surface area contributed by atoms with E-state index in [-0.39, 0.29) is 23.7 Å². The fourth-order valence-corrected chi connectivity index (χ4v) is 4.58. The van der Waals surface area contributed by atoms with Gasteiger partial charge in [0.15, 0.2) is 0 Å². The molecular weight excluding hydrogens is 340 g/mol. The van der Waals surface area contributed by atoms with Gasteiger partial charge in [-0.2, -0.15) is 0 Å². The second-order valence-corrected chi connectivity index (χ2v) is 9.65. The third-order valence-corrected chi connectivity index (χ3v) is 6.63. The number of alkyl halides is 1. The van der Waals surface area contributed by atoms with Crippen molar-refractivity contribution in [3.8, 4) is 0 Å². The minimum Gasteiger partial charge on any atom is -0.392 e. The molecule has 25 heavy (non-hydrogen) atoms. The van der Waals surface area contributed by atoms with E-state index >= 15 is 0 Å². The molecule has 0 saturated heterocycles. The number of halogens is 1. The van der Waals surface area contributed by atoms with Gasteiger partial charge in [0, 0.05) is 11.8 Å². The fourth-order valence-electron chi connectivity index (χ4n) is 4.47. The maximum atomic E-state index is 11.1. The summed E-state index contributed by atoms with van der Waals surface area (Å²) in [5.41, 5.74) is 0.185. The summed E-state index contributed by atoms with van der Waals surface area (Å²) in [6.45, 7) is 11.7.